The van der Waals surface area contributed by atoms with Crippen LogP contribution < -0.4 is 20.7 Å². The zero-order valence-corrected chi connectivity index (χ0v) is 19.7. The number of likely N-dealkylation sites (N-methyl/N-ethyl adjacent to an activating group) is 1. The molecular formula is C25H29FN4O5. The molecule has 2 aliphatic heterocycles. The highest BCUT2D eigenvalue weighted by molar-refractivity contribution is 6.02. The summed E-state index contributed by atoms with van der Waals surface area (Å²) in [5, 5.41) is 7.85. The number of fused-ring (bicyclic) bond motifs is 2. The lowest BCUT2D eigenvalue weighted by Gasteiger charge is -2.42. The van der Waals surface area contributed by atoms with Crippen molar-refractivity contribution in [2.75, 3.05) is 30.8 Å². The summed E-state index contributed by atoms with van der Waals surface area (Å²) in [5.41, 5.74) is 0.713. The molecule has 2 heterocycles. The number of hydrogen-bond acceptors (Lipinski definition) is 5. The Hall–Kier alpha value is -3.66. The summed E-state index contributed by atoms with van der Waals surface area (Å²) >= 11 is 0. The molecule has 1 saturated heterocycles. The largest absolute Gasteiger partial charge is 0.490 e. The van der Waals surface area contributed by atoms with Crippen LogP contribution in [0.5, 0.6) is 5.75 Å². The van der Waals surface area contributed by atoms with Crippen molar-refractivity contribution in [2.24, 2.45) is 0 Å². The minimum atomic E-state index is -0.637. The van der Waals surface area contributed by atoms with E-state index in [0.717, 1.165) is 0 Å². The summed E-state index contributed by atoms with van der Waals surface area (Å²) < 4.78 is 25.9. The smallest absolute Gasteiger partial charge is 0.323 e. The van der Waals surface area contributed by atoms with Gasteiger partial charge >= 0.3 is 6.03 Å². The van der Waals surface area contributed by atoms with Gasteiger partial charge in [-0.25, -0.2) is 9.18 Å². The van der Waals surface area contributed by atoms with E-state index in [4.69, 9.17) is 9.47 Å². The Labute approximate surface area is 203 Å². The molecule has 0 aromatic heterocycles. The predicted octanol–water partition coefficient (Wildman–Crippen LogP) is 3.38. The number of nitrogens with zero attached hydrogens (tertiary/aromatic N) is 1. The second kappa shape index (κ2) is 10.7. The van der Waals surface area contributed by atoms with Crippen LogP contribution in [0.3, 0.4) is 0 Å². The number of halogens is 1. The van der Waals surface area contributed by atoms with Crippen molar-refractivity contribution in [1.82, 2.24) is 10.2 Å². The summed E-state index contributed by atoms with van der Waals surface area (Å²) in [4.78, 5) is 39.3. The van der Waals surface area contributed by atoms with Crippen molar-refractivity contribution in [2.45, 2.75) is 44.4 Å². The van der Waals surface area contributed by atoms with Crippen molar-refractivity contribution < 1.29 is 28.2 Å². The van der Waals surface area contributed by atoms with E-state index in [1.807, 2.05) is 6.92 Å². The zero-order valence-electron chi connectivity index (χ0n) is 19.7. The minimum Gasteiger partial charge on any atom is -0.490 e. The standard InChI is InChI=1S/C25H29FN4O5/c1-3-27-23(31)13-16-9-10-20-22(35-16)14-34-21-11-8-15(12-17(21)24(32)30(20)2)28-25(33)29-19-7-5-4-6-18(19)26/h4-8,11-12,16,20,22H,3,9-10,13-14H2,1-2H3,(H,27,31)(H2,28,29,33)/t16-,20+,22+/m0/s1. The lowest BCUT2D eigenvalue weighted by Crippen LogP contribution is -2.54. The molecule has 2 aromatic carbocycles. The van der Waals surface area contributed by atoms with Gasteiger partial charge in [0.2, 0.25) is 5.91 Å². The first-order chi connectivity index (χ1) is 16.9. The Morgan fingerprint density at radius 3 is 2.71 bits per heavy atom. The molecule has 0 unspecified atom stereocenters. The first-order valence-electron chi connectivity index (χ1n) is 11.6. The summed E-state index contributed by atoms with van der Waals surface area (Å²) in [6.45, 7) is 2.66. The van der Waals surface area contributed by atoms with Crippen LogP contribution in [0.25, 0.3) is 0 Å². The molecule has 186 valence electrons. The molecule has 4 rings (SSSR count). The SMILES string of the molecule is CCNC(=O)C[C@@H]1CC[C@@H]2[C@@H](COc3ccc(NC(=O)Nc4ccccc4F)cc3C(=O)N2C)O1. The van der Waals surface area contributed by atoms with E-state index in [2.05, 4.69) is 16.0 Å². The van der Waals surface area contributed by atoms with E-state index in [0.29, 0.717) is 36.4 Å². The topological polar surface area (TPSA) is 109 Å². The number of benzene rings is 2. The van der Waals surface area contributed by atoms with Crippen molar-refractivity contribution in [3.8, 4) is 5.75 Å². The van der Waals surface area contributed by atoms with E-state index < -0.39 is 11.8 Å². The molecule has 0 radical (unpaired) electrons. The Kier molecular flexibility index (Phi) is 7.50. The maximum Gasteiger partial charge on any atom is 0.323 e. The Balaban J connectivity index is 1.46. The molecular weight excluding hydrogens is 455 g/mol. The number of hydrogen-bond donors (Lipinski definition) is 3. The monoisotopic (exact) mass is 484 g/mol. The van der Waals surface area contributed by atoms with Crippen LogP contribution >= 0.6 is 0 Å². The molecule has 0 spiro atoms. The molecule has 1 fully saturated rings. The van der Waals surface area contributed by atoms with Gasteiger partial charge in [-0.2, -0.15) is 0 Å². The normalized spacial score (nSPS) is 21.5. The summed E-state index contributed by atoms with van der Waals surface area (Å²) in [6.07, 6.45) is 1.01. The van der Waals surface area contributed by atoms with Crippen LogP contribution in [0.2, 0.25) is 0 Å². The fraction of sp³-hybridized carbons (Fsp3) is 0.400. The molecule has 4 amide bonds. The zero-order chi connectivity index (χ0) is 24.9. The Morgan fingerprint density at radius 2 is 1.94 bits per heavy atom. The third-order valence-electron chi connectivity index (χ3n) is 6.18. The first-order valence-corrected chi connectivity index (χ1v) is 11.6. The van der Waals surface area contributed by atoms with Gasteiger partial charge in [-0.3, -0.25) is 9.59 Å². The van der Waals surface area contributed by atoms with Crippen LogP contribution in [-0.4, -0.2) is 61.2 Å². The van der Waals surface area contributed by atoms with E-state index >= 15 is 0 Å². The number of para-hydroxylation sites is 1. The lowest BCUT2D eigenvalue weighted by atomic mass is 9.94. The van der Waals surface area contributed by atoms with Crippen LogP contribution in [0.1, 0.15) is 36.5 Å². The number of carbonyl (C=O) groups excluding carboxylic acids is 3. The van der Waals surface area contributed by atoms with Crippen molar-refractivity contribution in [3.05, 3.63) is 53.8 Å². The number of anilines is 2. The maximum atomic E-state index is 13.8. The van der Waals surface area contributed by atoms with Gasteiger partial charge < -0.3 is 30.3 Å². The van der Waals surface area contributed by atoms with Gasteiger partial charge in [0.15, 0.2) is 0 Å². The highest BCUT2D eigenvalue weighted by Crippen LogP contribution is 2.32. The fourth-order valence-corrected chi connectivity index (χ4v) is 4.43. The van der Waals surface area contributed by atoms with Crippen molar-refractivity contribution in [1.29, 1.82) is 0 Å². The molecule has 3 atom stereocenters. The lowest BCUT2D eigenvalue weighted by molar-refractivity contribution is -0.133. The van der Waals surface area contributed by atoms with Crippen LogP contribution in [0.4, 0.5) is 20.6 Å². The molecule has 2 aliphatic rings. The highest BCUT2D eigenvalue weighted by Gasteiger charge is 2.39. The number of rotatable bonds is 5. The Bertz CT molecular complexity index is 1110. The molecule has 35 heavy (non-hydrogen) atoms. The second-order valence-electron chi connectivity index (χ2n) is 8.60. The van der Waals surface area contributed by atoms with Gasteiger partial charge in [0.05, 0.1) is 29.8 Å². The van der Waals surface area contributed by atoms with Gasteiger partial charge in [0.1, 0.15) is 24.3 Å². The van der Waals surface area contributed by atoms with Crippen molar-refractivity contribution >= 4 is 29.2 Å². The Morgan fingerprint density at radius 1 is 1.14 bits per heavy atom. The average Bonchev–Trinajstić information content (AvgIpc) is 2.83. The molecule has 0 saturated carbocycles. The molecule has 0 bridgehead atoms. The van der Waals surface area contributed by atoms with Crippen molar-refractivity contribution in [3.63, 3.8) is 0 Å². The van der Waals surface area contributed by atoms with E-state index in [1.54, 1.807) is 30.1 Å². The molecule has 10 heteroatoms. The quantitative estimate of drug-likeness (QED) is 0.603. The average molecular weight is 485 g/mol. The maximum absolute atomic E-state index is 13.8. The van der Waals surface area contributed by atoms with E-state index in [9.17, 15) is 18.8 Å². The first kappa shape index (κ1) is 24.5. The molecule has 9 nitrogen and oxygen atoms in total. The highest BCUT2D eigenvalue weighted by atomic mass is 19.1. The number of ether oxygens (including phenoxy) is 2. The van der Waals surface area contributed by atoms with E-state index in [1.165, 1.54) is 24.3 Å². The second-order valence-corrected chi connectivity index (χ2v) is 8.60. The van der Waals surface area contributed by atoms with E-state index in [-0.39, 0.29) is 48.8 Å². The van der Waals surface area contributed by atoms with Gasteiger partial charge in [-0.15, -0.1) is 0 Å². The van der Waals surface area contributed by atoms with Gasteiger partial charge in [0.25, 0.3) is 5.91 Å². The summed E-state index contributed by atoms with van der Waals surface area (Å²) in [6, 6.07) is 9.74. The number of urea groups is 1. The third-order valence-corrected chi connectivity index (χ3v) is 6.18. The number of carbonyl (C=O) groups is 3. The van der Waals surface area contributed by atoms with Gasteiger partial charge in [-0.05, 0) is 50.1 Å². The molecule has 0 aliphatic carbocycles. The van der Waals surface area contributed by atoms with Crippen LogP contribution in [-0.2, 0) is 9.53 Å². The fourth-order valence-electron chi connectivity index (χ4n) is 4.43. The van der Waals surface area contributed by atoms with Crippen LogP contribution in [0, 0.1) is 5.82 Å². The number of amides is 4. The predicted molar refractivity (Wildman–Crippen MR) is 128 cm³/mol. The molecule has 3 N–H and O–H groups in total. The third kappa shape index (κ3) is 5.71. The van der Waals surface area contributed by atoms with Gasteiger partial charge in [-0.1, -0.05) is 12.1 Å². The van der Waals surface area contributed by atoms with Crippen LogP contribution in [0.15, 0.2) is 42.5 Å². The van der Waals surface area contributed by atoms with Gasteiger partial charge in [0, 0.05) is 19.3 Å². The number of nitrogens with one attached hydrogen (secondary N) is 3. The summed E-state index contributed by atoms with van der Waals surface area (Å²) in [5.74, 6) is -0.506. The minimum absolute atomic E-state index is 0.0456. The summed E-state index contributed by atoms with van der Waals surface area (Å²) in [7, 11) is 1.72. The molecule has 2 aromatic rings.